The maximum Gasteiger partial charge on any atom is 0.0948 e. The number of aliphatic hydroxyl groups excluding tert-OH is 1. The summed E-state index contributed by atoms with van der Waals surface area (Å²) in [7, 11) is 0. The van der Waals surface area contributed by atoms with E-state index >= 15 is 0 Å². The Balaban J connectivity index is 1.71. The Morgan fingerprint density at radius 3 is 2.73 bits per heavy atom. The predicted molar refractivity (Wildman–Crippen MR) is 58.8 cm³/mol. The van der Waals surface area contributed by atoms with E-state index in [2.05, 4.69) is 17.4 Å². The Labute approximate surface area is 90.1 Å². The average molecular weight is 207 g/mol. The number of hydrogen-bond donors (Lipinski definition) is 2. The van der Waals surface area contributed by atoms with Gasteiger partial charge in [-0.3, -0.25) is 0 Å². The summed E-state index contributed by atoms with van der Waals surface area (Å²) in [5.41, 5.74) is 1.32. The van der Waals surface area contributed by atoms with Crippen LogP contribution in [0.25, 0.3) is 0 Å². The molecule has 2 atom stereocenters. The maximum atomic E-state index is 9.50. The zero-order valence-corrected chi connectivity index (χ0v) is 8.73. The maximum absolute atomic E-state index is 9.50. The third-order valence-corrected chi connectivity index (χ3v) is 2.71. The van der Waals surface area contributed by atoms with Crippen LogP contribution in [0.5, 0.6) is 0 Å². The van der Waals surface area contributed by atoms with Gasteiger partial charge in [-0.25, -0.2) is 0 Å². The molecule has 0 aromatic heterocycles. The molecule has 1 fully saturated rings. The van der Waals surface area contributed by atoms with E-state index in [1.165, 1.54) is 5.56 Å². The number of aliphatic hydroxyl groups is 1. The molecule has 1 saturated heterocycles. The van der Waals surface area contributed by atoms with Crippen molar-refractivity contribution < 1.29 is 9.84 Å². The lowest BCUT2D eigenvalue weighted by atomic mass is 10.1. The van der Waals surface area contributed by atoms with Gasteiger partial charge in [0.15, 0.2) is 0 Å². The van der Waals surface area contributed by atoms with Gasteiger partial charge in [0.2, 0.25) is 0 Å². The number of hydrogen-bond acceptors (Lipinski definition) is 3. The summed E-state index contributed by atoms with van der Waals surface area (Å²) in [6.45, 7) is 1.97. The third-order valence-electron chi connectivity index (χ3n) is 2.71. The van der Waals surface area contributed by atoms with Gasteiger partial charge in [-0.2, -0.15) is 0 Å². The molecule has 3 nitrogen and oxygen atoms in total. The summed E-state index contributed by atoms with van der Waals surface area (Å²) >= 11 is 0. The summed E-state index contributed by atoms with van der Waals surface area (Å²) in [4.78, 5) is 0. The third kappa shape index (κ3) is 3.02. The fourth-order valence-corrected chi connectivity index (χ4v) is 1.78. The fourth-order valence-electron chi connectivity index (χ4n) is 1.78. The van der Waals surface area contributed by atoms with E-state index in [1.54, 1.807) is 0 Å². The highest BCUT2D eigenvalue weighted by atomic mass is 16.5. The molecular formula is C12H17NO2. The van der Waals surface area contributed by atoms with Crippen LogP contribution in [0.4, 0.5) is 0 Å². The van der Waals surface area contributed by atoms with Crippen LogP contribution in [-0.4, -0.2) is 37.0 Å². The quantitative estimate of drug-likeness (QED) is 0.759. The van der Waals surface area contributed by atoms with E-state index < -0.39 is 0 Å². The van der Waals surface area contributed by atoms with Crippen molar-refractivity contribution in [2.24, 2.45) is 0 Å². The van der Waals surface area contributed by atoms with Crippen molar-refractivity contribution in [3.05, 3.63) is 35.9 Å². The molecule has 0 amide bonds. The first-order chi connectivity index (χ1) is 7.36. The smallest absolute Gasteiger partial charge is 0.0948 e. The van der Waals surface area contributed by atoms with Crippen LogP contribution >= 0.6 is 0 Å². The van der Waals surface area contributed by atoms with Crippen molar-refractivity contribution in [2.45, 2.75) is 18.6 Å². The monoisotopic (exact) mass is 207 g/mol. The second kappa shape index (κ2) is 5.26. The van der Waals surface area contributed by atoms with Crippen LogP contribution in [0.1, 0.15) is 5.56 Å². The van der Waals surface area contributed by atoms with Crippen molar-refractivity contribution in [1.82, 2.24) is 5.32 Å². The van der Waals surface area contributed by atoms with Gasteiger partial charge in [-0.05, 0) is 18.5 Å². The van der Waals surface area contributed by atoms with Crippen LogP contribution in [0.3, 0.4) is 0 Å². The molecular weight excluding hydrogens is 190 g/mol. The molecule has 2 N–H and O–H groups in total. The molecule has 3 heteroatoms. The zero-order chi connectivity index (χ0) is 10.5. The van der Waals surface area contributed by atoms with Crippen LogP contribution in [0.15, 0.2) is 30.3 Å². The SMILES string of the molecule is O[C@@H]1COC[C@H]1NCCc1ccccc1. The molecule has 0 radical (unpaired) electrons. The standard InChI is InChI=1S/C12H17NO2/c14-12-9-15-8-11(12)13-7-6-10-4-2-1-3-5-10/h1-5,11-14H,6-9H2/t11-,12-/m1/s1. The molecule has 0 unspecified atom stereocenters. The predicted octanol–water partition coefficient (Wildman–Crippen LogP) is 0.578. The van der Waals surface area contributed by atoms with E-state index in [1.807, 2.05) is 18.2 Å². The Kier molecular flexibility index (Phi) is 3.72. The van der Waals surface area contributed by atoms with Crippen LogP contribution < -0.4 is 5.32 Å². The van der Waals surface area contributed by atoms with Crippen molar-refractivity contribution in [3.63, 3.8) is 0 Å². The molecule has 1 aliphatic heterocycles. The largest absolute Gasteiger partial charge is 0.389 e. The molecule has 1 aromatic carbocycles. The van der Waals surface area contributed by atoms with Crippen molar-refractivity contribution in [2.75, 3.05) is 19.8 Å². The first-order valence-electron chi connectivity index (χ1n) is 5.39. The first kappa shape index (κ1) is 10.6. The minimum Gasteiger partial charge on any atom is -0.389 e. The Morgan fingerprint density at radius 2 is 2.07 bits per heavy atom. The summed E-state index contributed by atoms with van der Waals surface area (Å²) in [5, 5.41) is 12.8. The lowest BCUT2D eigenvalue weighted by molar-refractivity contribution is 0.122. The molecule has 1 aliphatic rings. The van der Waals surface area contributed by atoms with Gasteiger partial charge in [-0.1, -0.05) is 30.3 Å². The van der Waals surface area contributed by atoms with Crippen LogP contribution in [-0.2, 0) is 11.2 Å². The lowest BCUT2D eigenvalue weighted by Gasteiger charge is -2.14. The highest BCUT2D eigenvalue weighted by Gasteiger charge is 2.24. The summed E-state index contributed by atoms with van der Waals surface area (Å²) < 4.78 is 5.16. The van der Waals surface area contributed by atoms with Gasteiger partial charge in [-0.15, -0.1) is 0 Å². The van der Waals surface area contributed by atoms with Crippen LogP contribution in [0.2, 0.25) is 0 Å². The molecule has 15 heavy (non-hydrogen) atoms. The van der Waals surface area contributed by atoms with E-state index in [-0.39, 0.29) is 12.1 Å². The molecule has 0 saturated carbocycles. The van der Waals surface area contributed by atoms with Crippen molar-refractivity contribution in [3.8, 4) is 0 Å². The first-order valence-corrected chi connectivity index (χ1v) is 5.39. The van der Waals surface area contributed by atoms with Gasteiger partial charge in [0.05, 0.1) is 25.4 Å². The van der Waals surface area contributed by atoms with Gasteiger partial charge >= 0.3 is 0 Å². The molecule has 0 spiro atoms. The van der Waals surface area contributed by atoms with E-state index in [0.717, 1.165) is 13.0 Å². The highest BCUT2D eigenvalue weighted by molar-refractivity contribution is 5.14. The van der Waals surface area contributed by atoms with Crippen LogP contribution in [0, 0.1) is 0 Å². The molecule has 1 heterocycles. The minimum atomic E-state index is -0.347. The van der Waals surface area contributed by atoms with E-state index in [0.29, 0.717) is 13.2 Å². The van der Waals surface area contributed by atoms with Gasteiger partial charge in [0, 0.05) is 0 Å². The number of rotatable bonds is 4. The summed E-state index contributed by atoms with van der Waals surface area (Å²) in [5.74, 6) is 0. The van der Waals surface area contributed by atoms with Gasteiger partial charge in [0.25, 0.3) is 0 Å². The van der Waals surface area contributed by atoms with Crippen molar-refractivity contribution >= 4 is 0 Å². The Bertz CT molecular complexity index is 289. The fraction of sp³-hybridized carbons (Fsp3) is 0.500. The number of benzene rings is 1. The Hall–Kier alpha value is -0.900. The molecule has 0 aliphatic carbocycles. The second-order valence-electron chi connectivity index (χ2n) is 3.90. The number of ether oxygens (including phenoxy) is 1. The van der Waals surface area contributed by atoms with E-state index in [4.69, 9.17) is 4.74 Å². The Morgan fingerprint density at radius 1 is 1.27 bits per heavy atom. The molecule has 2 rings (SSSR count). The topological polar surface area (TPSA) is 41.5 Å². The molecule has 0 bridgehead atoms. The minimum absolute atomic E-state index is 0.105. The lowest BCUT2D eigenvalue weighted by Crippen LogP contribution is -2.39. The highest BCUT2D eigenvalue weighted by Crippen LogP contribution is 2.05. The zero-order valence-electron chi connectivity index (χ0n) is 8.73. The van der Waals surface area contributed by atoms with E-state index in [9.17, 15) is 5.11 Å². The average Bonchev–Trinajstić information content (AvgIpc) is 2.66. The summed E-state index contributed by atoms with van der Waals surface area (Å²) in [6.07, 6.45) is 0.644. The van der Waals surface area contributed by atoms with Gasteiger partial charge < -0.3 is 15.2 Å². The second-order valence-corrected chi connectivity index (χ2v) is 3.90. The normalized spacial score (nSPS) is 25.7. The van der Waals surface area contributed by atoms with Crippen molar-refractivity contribution in [1.29, 1.82) is 0 Å². The molecule has 82 valence electrons. The number of nitrogens with one attached hydrogen (secondary N) is 1. The summed E-state index contributed by atoms with van der Waals surface area (Å²) in [6, 6.07) is 10.4. The van der Waals surface area contributed by atoms with Gasteiger partial charge in [0.1, 0.15) is 0 Å². The molecule has 1 aromatic rings.